The second-order valence-electron chi connectivity index (χ2n) is 9.59. The molecule has 1 aliphatic rings. The van der Waals surface area contributed by atoms with Gasteiger partial charge in [-0.3, -0.25) is 0 Å². The van der Waals surface area contributed by atoms with Crippen molar-refractivity contribution in [2.75, 3.05) is 13.2 Å². The van der Waals surface area contributed by atoms with E-state index in [9.17, 15) is 8.78 Å². The van der Waals surface area contributed by atoms with Crippen molar-refractivity contribution in [2.45, 2.75) is 64.6 Å². The molecule has 196 valence electrons. The van der Waals surface area contributed by atoms with Gasteiger partial charge in [-0.15, -0.1) is 0 Å². The van der Waals surface area contributed by atoms with Crippen molar-refractivity contribution in [1.29, 1.82) is 0 Å². The van der Waals surface area contributed by atoms with E-state index in [0.717, 1.165) is 37.7 Å². The molecule has 1 saturated heterocycles. The minimum absolute atomic E-state index is 0.00772. The van der Waals surface area contributed by atoms with Crippen LogP contribution >= 0.6 is 0 Å². The average molecular weight is 509 g/mol. The van der Waals surface area contributed by atoms with Crippen molar-refractivity contribution in [1.82, 2.24) is 0 Å². The molecule has 5 heteroatoms. The van der Waals surface area contributed by atoms with Crippen LogP contribution in [0.2, 0.25) is 0 Å². The van der Waals surface area contributed by atoms with Gasteiger partial charge >= 0.3 is 0 Å². The lowest BCUT2D eigenvalue weighted by atomic mass is 9.95. The molecule has 0 saturated carbocycles. The topological polar surface area (TPSA) is 18.5 Å². The van der Waals surface area contributed by atoms with Crippen LogP contribution in [0.3, 0.4) is 0 Å². The zero-order valence-corrected chi connectivity index (χ0v) is 21.6. The molecule has 2 nitrogen and oxygen atoms in total. The number of benzene rings is 3. The number of halogens is 3. The van der Waals surface area contributed by atoms with Crippen molar-refractivity contribution in [3.8, 4) is 22.3 Å². The molecule has 0 amide bonds. The first-order valence-electron chi connectivity index (χ1n) is 13.3. The normalized spacial score (nSPS) is 18.0. The van der Waals surface area contributed by atoms with Crippen LogP contribution in [-0.2, 0) is 15.9 Å². The van der Waals surface area contributed by atoms with E-state index >= 15 is 4.39 Å². The summed E-state index contributed by atoms with van der Waals surface area (Å²) in [7, 11) is 0. The monoisotopic (exact) mass is 508 g/mol. The van der Waals surface area contributed by atoms with Gasteiger partial charge in [0.05, 0.1) is 13.2 Å². The van der Waals surface area contributed by atoms with Gasteiger partial charge in [0.25, 0.3) is 0 Å². The van der Waals surface area contributed by atoms with Gasteiger partial charge in [-0.1, -0.05) is 87.4 Å². The lowest BCUT2D eigenvalue weighted by molar-refractivity contribution is -0.190. The van der Waals surface area contributed by atoms with E-state index in [1.165, 1.54) is 0 Å². The van der Waals surface area contributed by atoms with Crippen LogP contribution in [0.1, 0.15) is 63.0 Å². The molecule has 37 heavy (non-hydrogen) atoms. The molecule has 1 heterocycles. The summed E-state index contributed by atoms with van der Waals surface area (Å²) in [6.07, 6.45) is 9.09. The fourth-order valence-corrected chi connectivity index (χ4v) is 4.66. The van der Waals surface area contributed by atoms with Crippen molar-refractivity contribution in [2.24, 2.45) is 0 Å². The summed E-state index contributed by atoms with van der Waals surface area (Å²) in [6.45, 7) is 5.18. The predicted octanol–water partition coefficient (Wildman–Crippen LogP) is 8.98. The van der Waals surface area contributed by atoms with Gasteiger partial charge in [-0.2, -0.15) is 0 Å². The Kier molecular flexibility index (Phi) is 9.59. The van der Waals surface area contributed by atoms with Crippen molar-refractivity contribution >= 4 is 0 Å². The number of unbranched alkanes of at least 4 members (excludes halogenated alkanes) is 2. The number of allylic oxidation sites excluding steroid dienone is 2. The molecule has 0 aliphatic carbocycles. The molecular formula is C32H35F3O2. The molecule has 0 radical (unpaired) electrons. The fourth-order valence-electron chi connectivity index (χ4n) is 4.66. The zero-order chi connectivity index (χ0) is 26.2. The summed E-state index contributed by atoms with van der Waals surface area (Å²) in [6, 6.07) is 15.3. The highest BCUT2D eigenvalue weighted by atomic mass is 19.2. The summed E-state index contributed by atoms with van der Waals surface area (Å²) < 4.78 is 56.1. The summed E-state index contributed by atoms with van der Waals surface area (Å²) >= 11 is 0. The number of hydrogen-bond donors (Lipinski definition) is 0. The largest absolute Gasteiger partial charge is 0.352 e. The molecule has 4 rings (SSSR count). The first-order valence-corrected chi connectivity index (χ1v) is 13.3. The fraction of sp³-hybridized carbons (Fsp3) is 0.375. The van der Waals surface area contributed by atoms with Crippen molar-refractivity contribution in [3.05, 3.63) is 95.3 Å². The third kappa shape index (κ3) is 6.71. The van der Waals surface area contributed by atoms with Gasteiger partial charge in [0, 0.05) is 17.0 Å². The molecule has 3 aromatic rings. The third-order valence-corrected chi connectivity index (χ3v) is 6.88. The molecular weight excluding hydrogens is 473 g/mol. The molecule has 0 unspecified atom stereocenters. The Hall–Kier alpha value is -2.89. The van der Waals surface area contributed by atoms with E-state index in [1.54, 1.807) is 48.5 Å². The number of hydrogen-bond acceptors (Lipinski definition) is 2. The lowest BCUT2D eigenvalue weighted by Crippen LogP contribution is -2.30. The van der Waals surface area contributed by atoms with E-state index in [2.05, 4.69) is 6.92 Å². The SMILES string of the molecule is CCC=CCc1ccc(-c2ccc(-c3ccc(C4COC(CCCCC)OC4)cc3F)cc2)c(F)c1F. The maximum absolute atomic E-state index is 15.1. The average Bonchev–Trinajstić information content (AvgIpc) is 2.92. The van der Waals surface area contributed by atoms with E-state index < -0.39 is 11.6 Å². The van der Waals surface area contributed by atoms with Crippen molar-refractivity contribution in [3.63, 3.8) is 0 Å². The summed E-state index contributed by atoms with van der Waals surface area (Å²) in [5.74, 6) is -2.04. The molecule has 1 aliphatic heterocycles. The first-order chi connectivity index (χ1) is 18.0. The Bertz CT molecular complexity index is 1200. The lowest BCUT2D eigenvalue weighted by Gasteiger charge is -2.30. The van der Waals surface area contributed by atoms with Gasteiger partial charge in [0.1, 0.15) is 5.82 Å². The van der Waals surface area contributed by atoms with Gasteiger partial charge in [0.15, 0.2) is 17.9 Å². The maximum atomic E-state index is 15.1. The minimum Gasteiger partial charge on any atom is -0.352 e. The van der Waals surface area contributed by atoms with Crippen LogP contribution in [0, 0.1) is 17.5 Å². The Morgan fingerprint density at radius 1 is 0.784 bits per heavy atom. The minimum atomic E-state index is -0.866. The summed E-state index contributed by atoms with van der Waals surface area (Å²) in [5.41, 5.74) is 3.02. The van der Waals surface area contributed by atoms with E-state index in [-0.39, 0.29) is 23.6 Å². The van der Waals surface area contributed by atoms with E-state index in [4.69, 9.17) is 9.47 Å². The highest BCUT2D eigenvalue weighted by Crippen LogP contribution is 2.32. The van der Waals surface area contributed by atoms with Gasteiger partial charge in [-0.25, -0.2) is 13.2 Å². The highest BCUT2D eigenvalue weighted by Gasteiger charge is 2.24. The van der Waals surface area contributed by atoms with Crippen LogP contribution in [0.4, 0.5) is 13.2 Å². The Morgan fingerprint density at radius 3 is 2.11 bits per heavy atom. The maximum Gasteiger partial charge on any atom is 0.166 e. The smallest absolute Gasteiger partial charge is 0.166 e. The van der Waals surface area contributed by atoms with Crippen molar-refractivity contribution < 1.29 is 22.6 Å². The second kappa shape index (κ2) is 13.1. The van der Waals surface area contributed by atoms with Crippen LogP contribution in [-0.4, -0.2) is 19.5 Å². The molecule has 0 spiro atoms. The third-order valence-electron chi connectivity index (χ3n) is 6.88. The highest BCUT2D eigenvalue weighted by molar-refractivity contribution is 5.71. The zero-order valence-electron chi connectivity index (χ0n) is 21.6. The molecule has 3 aromatic carbocycles. The molecule has 0 N–H and O–H groups in total. The van der Waals surface area contributed by atoms with Crippen LogP contribution in [0.25, 0.3) is 22.3 Å². The molecule has 0 atom stereocenters. The molecule has 0 bridgehead atoms. The first kappa shape index (κ1) is 27.2. The Balaban J connectivity index is 1.44. The van der Waals surface area contributed by atoms with Gasteiger partial charge in [0.2, 0.25) is 0 Å². The van der Waals surface area contributed by atoms with Gasteiger partial charge in [-0.05, 0) is 54.0 Å². The predicted molar refractivity (Wildman–Crippen MR) is 143 cm³/mol. The molecule has 0 aromatic heterocycles. The quantitative estimate of drug-likeness (QED) is 0.201. The standard InChI is InChI=1S/C32H35F3O2/c1-3-5-7-9-24-15-18-28(32(35)31(24)34)23-13-11-22(12-14-23)27-17-16-25(19-29(27)33)26-20-36-30(37-21-26)10-8-6-4-2/h5,7,11-19,26,30H,3-4,6,8-10,20-21H2,1-2H3. The van der Waals surface area contributed by atoms with Gasteiger partial charge < -0.3 is 9.47 Å². The molecule has 1 fully saturated rings. The van der Waals surface area contributed by atoms with Crippen LogP contribution in [0.15, 0.2) is 66.7 Å². The summed E-state index contributed by atoms with van der Waals surface area (Å²) in [5, 5.41) is 0. The second-order valence-corrected chi connectivity index (χ2v) is 9.59. The number of rotatable bonds is 10. The van der Waals surface area contributed by atoms with Crippen LogP contribution < -0.4 is 0 Å². The Morgan fingerprint density at radius 2 is 1.46 bits per heavy atom. The summed E-state index contributed by atoms with van der Waals surface area (Å²) in [4.78, 5) is 0. The van der Waals surface area contributed by atoms with E-state index in [1.807, 2.05) is 25.1 Å². The van der Waals surface area contributed by atoms with Crippen LogP contribution in [0.5, 0.6) is 0 Å². The number of ether oxygens (including phenoxy) is 2. The van der Waals surface area contributed by atoms with E-state index in [0.29, 0.717) is 41.9 Å². The Labute approximate surface area is 218 Å².